The molecule has 0 radical (unpaired) electrons. The van der Waals surface area contributed by atoms with Gasteiger partial charge in [-0.25, -0.2) is 0 Å². The van der Waals surface area contributed by atoms with E-state index in [2.05, 4.69) is 74.7 Å². The van der Waals surface area contributed by atoms with Crippen LogP contribution in [0.4, 0.5) is 0 Å². The average Bonchev–Trinajstić information content (AvgIpc) is 3.56. The Labute approximate surface area is 207 Å². The number of methoxy groups -OCH3 is 1. The maximum absolute atomic E-state index is 13.2. The summed E-state index contributed by atoms with van der Waals surface area (Å²) in [5, 5.41) is 5.14. The number of hydrogen-bond donors (Lipinski definition) is 2. The van der Waals surface area contributed by atoms with Crippen LogP contribution in [0.1, 0.15) is 54.6 Å². The lowest BCUT2D eigenvalue weighted by molar-refractivity contribution is -0.152. The molecule has 0 amide bonds. The van der Waals surface area contributed by atoms with E-state index in [4.69, 9.17) is 4.74 Å². The highest BCUT2D eigenvalue weighted by Crippen LogP contribution is 2.48. The van der Waals surface area contributed by atoms with Crippen LogP contribution in [0.3, 0.4) is 0 Å². The molecule has 184 valence electrons. The summed E-state index contributed by atoms with van der Waals surface area (Å²) in [6, 6.07) is 19.6. The van der Waals surface area contributed by atoms with E-state index in [1.165, 1.54) is 55.2 Å². The number of piperidine rings is 1. The monoisotopic (exact) mass is 472 g/mol. The van der Waals surface area contributed by atoms with E-state index in [-0.39, 0.29) is 24.1 Å². The molecule has 3 aliphatic heterocycles. The van der Waals surface area contributed by atoms with Gasteiger partial charge in [-0.3, -0.25) is 9.69 Å². The second-order valence-electron chi connectivity index (χ2n) is 10.4. The molecule has 0 unspecified atom stereocenters. The van der Waals surface area contributed by atoms with Crippen molar-refractivity contribution in [2.45, 2.75) is 56.3 Å². The van der Waals surface area contributed by atoms with Gasteiger partial charge in [0.1, 0.15) is 6.04 Å². The molecule has 0 aliphatic carbocycles. The minimum Gasteiger partial charge on any atom is -0.468 e. The van der Waals surface area contributed by atoms with Gasteiger partial charge in [0.15, 0.2) is 0 Å². The van der Waals surface area contributed by atoms with Crippen molar-refractivity contribution in [1.29, 1.82) is 0 Å². The lowest BCUT2D eigenvalue weighted by atomic mass is 9.79. The van der Waals surface area contributed by atoms with E-state index in [0.717, 1.165) is 31.4 Å². The fourth-order valence-corrected chi connectivity index (χ4v) is 6.75. The Morgan fingerprint density at radius 1 is 1.03 bits per heavy atom. The fourth-order valence-electron chi connectivity index (χ4n) is 6.75. The summed E-state index contributed by atoms with van der Waals surface area (Å²) in [5.74, 6) is -0.132. The number of ether oxygens (including phenoxy) is 1. The minimum absolute atomic E-state index is 0.132. The number of para-hydroxylation sites is 1. The van der Waals surface area contributed by atoms with Crippen molar-refractivity contribution in [3.8, 4) is 0 Å². The second kappa shape index (κ2) is 9.76. The summed E-state index contributed by atoms with van der Waals surface area (Å²) in [6.07, 6.45) is 5.31. The van der Waals surface area contributed by atoms with Crippen LogP contribution in [0.2, 0.25) is 0 Å². The number of benzene rings is 2. The summed E-state index contributed by atoms with van der Waals surface area (Å²) in [5.41, 5.74) is 4.99. The lowest BCUT2D eigenvalue weighted by Crippen LogP contribution is -2.56. The van der Waals surface area contributed by atoms with Gasteiger partial charge in [0.25, 0.3) is 0 Å². The Kier molecular flexibility index (Phi) is 6.35. The molecular formula is C29H36N4O2. The molecule has 2 N–H and O–H groups in total. The summed E-state index contributed by atoms with van der Waals surface area (Å²) < 4.78 is 5.36. The van der Waals surface area contributed by atoms with Crippen molar-refractivity contribution in [2.24, 2.45) is 0 Å². The molecule has 2 fully saturated rings. The van der Waals surface area contributed by atoms with Crippen LogP contribution in [0.5, 0.6) is 0 Å². The highest BCUT2D eigenvalue weighted by molar-refractivity contribution is 5.87. The Morgan fingerprint density at radius 2 is 1.77 bits per heavy atom. The Hall–Kier alpha value is -2.67. The van der Waals surface area contributed by atoms with E-state index in [0.29, 0.717) is 12.5 Å². The molecule has 4 heterocycles. The average molecular weight is 473 g/mol. The fraction of sp³-hybridized carbons (Fsp3) is 0.483. The minimum atomic E-state index is -0.285. The number of nitrogens with zero attached hydrogens (tertiary/aromatic N) is 2. The first-order valence-electron chi connectivity index (χ1n) is 13.2. The zero-order valence-corrected chi connectivity index (χ0v) is 20.6. The SMILES string of the molecule is COC(=O)[C@@H]1Cc2c([nH]c3ccccc23)[C@H]2C[C@H](NCCN3CCCC3)C[C@@H](c3ccccc3)N21. The van der Waals surface area contributed by atoms with Crippen LogP contribution in [0, 0.1) is 0 Å². The molecule has 3 aromatic rings. The highest BCUT2D eigenvalue weighted by atomic mass is 16.5. The lowest BCUT2D eigenvalue weighted by Gasteiger charge is -2.50. The van der Waals surface area contributed by atoms with Gasteiger partial charge in [0.2, 0.25) is 0 Å². The van der Waals surface area contributed by atoms with Crippen LogP contribution in [0.25, 0.3) is 10.9 Å². The number of fused-ring (bicyclic) bond motifs is 5. The van der Waals surface area contributed by atoms with Crippen molar-refractivity contribution in [2.75, 3.05) is 33.3 Å². The topological polar surface area (TPSA) is 60.6 Å². The van der Waals surface area contributed by atoms with Crippen LogP contribution in [0.15, 0.2) is 54.6 Å². The Balaban J connectivity index is 1.36. The maximum atomic E-state index is 13.2. The van der Waals surface area contributed by atoms with Crippen molar-refractivity contribution in [3.05, 3.63) is 71.4 Å². The molecule has 4 atom stereocenters. The second-order valence-corrected chi connectivity index (χ2v) is 10.4. The Morgan fingerprint density at radius 3 is 2.57 bits per heavy atom. The zero-order valence-electron chi connectivity index (χ0n) is 20.6. The third-order valence-electron chi connectivity index (χ3n) is 8.39. The maximum Gasteiger partial charge on any atom is 0.323 e. The van der Waals surface area contributed by atoms with Crippen molar-refractivity contribution < 1.29 is 9.53 Å². The molecule has 6 rings (SSSR count). The van der Waals surface area contributed by atoms with Gasteiger partial charge >= 0.3 is 5.97 Å². The van der Waals surface area contributed by atoms with Crippen LogP contribution < -0.4 is 5.32 Å². The predicted molar refractivity (Wildman–Crippen MR) is 138 cm³/mol. The van der Waals surface area contributed by atoms with E-state index >= 15 is 0 Å². The summed E-state index contributed by atoms with van der Waals surface area (Å²) in [7, 11) is 1.52. The number of carbonyl (C=O) groups is 1. The van der Waals surface area contributed by atoms with Crippen molar-refractivity contribution in [1.82, 2.24) is 20.1 Å². The number of aromatic amines is 1. The van der Waals surface area contributed by atoms with E-state index < -0.39 is 0 Å². The summed E-state index contributed by atoms with van der Waals surface area (Å²) in [4.78, 5) is 22.0. The molecule has 2 aromatic carbocycles. The molecular weight excluding hydrogens is 436 g/mol. The van der Waals surface area contributed by atoms with Crippen molar-refractivity contribution in [3.63, 3.8) is 0 Å². The Bertz CT molecular complexity index is 1170. The van der Waals surface area contributed by atoms with E-state index in [9.17, 15) is 4.79 Å². The number of hydrogen-bond acceptors (Lipinski definition) is 5. The van der Waals surface area contributed by atoms with E-state index in [1.807, 2.05) is 0 Å². The third kappa shape index (κ3) is 4.28. The number of aromatic nitrogens is 1. The number of carbonyl (C=O) groups excluding carboxylic acids is 1. The van der Waals surface area contributed by atoms with Crippen LogP contribution in [-0.2, 0) is 16.0 Å². The number of esters is 1. The van der Waals surface area contributed by atoms with Crippen LogP contribution >= 0.6 is 0 Å². The first-order valence-corrected chi connectivity index (χ1v) is 13.2. The predicted octanol–water partition coefficient (Wildman–Crippen LogP) is 4.20. The standard InChI is InChI=1S/C29H36N4O2/c1-35-29(34)27-19-23-22-11-5-6-12-24(22)31-28(23)26-18-21(30-13-16-32-14-7-8-15-32)17-25(33(26)27)20-9-3-2-4-10-20/h2-6,9-12,21,25-27,30-31H,7-8,13-19H2,1H3/t21-,25+,26-,27+/m1/s1. The molecule has 6 nitrogen and oxygen atoms in total. The normalized spacial score (nSPS) is 27.0. The highest BCUT2D eigenvalue weighted by Gasteiger charge is 2.48. The first kappa shape index (κ1) is 22.8. The number of rotatable bonds is 6. The molecule has 3 aliphatic rings. The summed E-state index contributed by atoms with van der Waals surface area (Å²) in [6.45, 7) is 4.59. The first-order chi connectivity index (χ1) is 17.2. The largest absolute Gasteiger partial charge is 0.468 e. The number of likely N-dealkylation sites (tertiary alicyclic amines) is 1. The van der Waals surface area contributed by atoms with Crippen molar-refractivity contribution >= 4 is 16.9 Å². The third-order valence-corrected chi connectivity index (χ3v) is 8.39. The van der Waals surface area contributed by atoms with Gasteiger partial charge in [-0.1, -0.05) is 48.5 Å². The van der Waals surface area contributed by atoms with Gasteiger partial charge in [0.05, 0.1) is 13.2 Å². The van der Waals surface area contributed by atoms with Gasteiger partial charge < -0.3 is 19.9 Å². The smallest absolute Gasteiger partial charge is 0.323 e. The van der Waals surface area contributed by atoms with Crippen LogP contribution in [-0.4, -0.2) is 66.1 Å². The number of H-pyrrole nitrogens is 1. The molecule has 0 saturated carbocycles. The zero-order chi connectivity index (χ0) is 23.8. The van der Waals surface area contributed by atoms with E-state index in [1.54, 1.807) is 0 Å². The van der Waals surface area contributed by atoms with Gasteiger partial charge in [0, 0.05) is 48.2 Å². The molecule has 6 heteroatoms. The van der Waals surface area contributed by atoms with Gasteiger partial charge in [-0.2, -0.15) is 0 Å². The van der Waals surface area contributed by atoms with Gasteiger partial charge in [-0.15, -0.1) is 0 Å². The summed E-state index contributed by atoms with van der Waals surface area (Å²) >= 11 is 0. The molecule has 35 heavy (non-hydrogen) atoms. The molecule has 1 aromatic heterocycles. The molecule has 2 saturated heterocycles. The quantitative estimate of drug-likeness (QED) is 0.527. The molecule has 0 spiro atoms. The molecule has 0 bridgehead atoms. The number of nitrogens with one attached hydrogen (secondary N) is 2. The van der Waals surface area contributed by atoms with Gasteiger partial charge in [-0.05, 0) is 56.0 Å².